The van der Waals surface area contributed by atoms with Crippen LogP contribution in [0.15, 0.2) is 86.1 Å². The second kappa shape index (κ2) is 11.4. The Labute approximate surface area is 236 Å². The zero-order chi connectivity index (χ0) is 28.4. The molecule has 2 aromatic heterocycles. The van der Waals surface area contributed by atoms with Gasteiger partial charge in [0.05, 0.1) is 27.3 Å². The van der Waals surface area contributed by atoms with Crippen LogP contribution in [0, 0.1) is 10.1 Å². The summed E-state index contributed by atoms with van der Waals surface area (Å²) in [6.45, 7) is 1.96. The van der Waals surface area contributed by atoms with Crippen molar-refractivity contribution in [2.75, 3.05) is 20.3 Å². The fourth-order valence-corrected chi connectivity index (χ4v) is 5.60. The molecule has 0 saturated heterocycles. The van der Waals surface area contributed by atoms with Crippen molar-refractivity contribution in [2.45, 2.75) is 13.0 Å². The summed E-state index contributed by atoms with van der Waals surface area (Å²) in [5, 5.41) is 11.3. The van der Waals surface area contributed by atoms with Crippen LogP contribution in [0.4, 0.5) is 5.69 Å². The van der Waals surface area contributed by atoms with E-state index in [1.54, 1.807) is 61.5 Å². The van der Waals surface area contributed by atoms with E-state index in [-0.39, 0.29) is 30.0 Å². The largest absolute Gasteiger partial charge is 0.460 e. The van der Waals surface area contributed by atoms with E-state index in [0.717, 1.165) is 11.3 Å². The number of nitrogens with zero attached hydrogens (tertiary/aromatic N) is 3. The van der Waals surface area contributed by atoms with Crippen molar-refractivity contribution in [3.63, 3.8) is 0 Å². The molecule has 0 N–H and O–H groups in total. The summed E-state index contributed by atoms with van der Waals surface area (Å²) < 4.78 is 18.1. The number of nitro groups is 1. The van der Waals surface area contributed by atoms with Gasteiger partial charge in [0.1, 0.15) is 24.2 Å². The molecule has 1 atom stereocenters. The molecule has 40 heavy (non-hydrogen) atoms. The summed E-state index contributed by atoms with van der Waals surface area (Å²) in [4.78, 5) is 42.4. The van der Waals surface area contributed by atoms with Crippen LogP contribution in [0.3, 0.4) is 0 Å². The number of allylic oxidation sites excluding steroid dienone is 1. The normalized spacial score (nSPS) is 15.1. The number of furan rings is 1. The lowest BCUT2D eigenvalue weighted by molar-refractivity contribution is -0.384. The standard InChI is InChI=1S/C28H22ClN3O7S/c1-16-24(27(34)38-14-13-37-2)25(20-5-3-4-6-21(20)29)31-26(33)23(40-28(31)30-16)15-19-11-12-22(39-19)17-7-9-18(10-8-17)32(35)36/h3-12,15,25H,13-14H2,1-2H3/b23-15-. The first-order valence-corrected chi connectivity index (χ1v) is 13.3. The van der Waals surface area contributed by atoms with E-state index in [4.69, 9.17) is 25.5 Å². The molecule has 204 valence electrons. The lowest BCUT2D eigenvalue weighted by Crippen LogP contribution is -2.40. The average molecular weight is 580 g/mol. The van der Waals surface area contributed by atoms with Crippen molar-refractivity contribution in [2.24, 2.45) is 4.99 Å². The van der Waals surface area contributed by atoms with Gasteiger partial charge in [0.15, 0.2) is 4.80 Å². The maximum absolute atomic E-state index is 13.8. The number of nitro benzene ring substituents is 1. The SMILES string of the molecule is COCCOC(=O)C1=C(C)N=c2s/c(=C\c3ccc(-c4ccc([N+](=O)[O-])cc4)o3)c(=O)n2C1c1ccccc1Cl. The first kappa shape index (κ1) is 27.3. The third-order valence-electron chi connectivity index (χ3n) is 6.22. The van der Waals surface area contributed by atoms with Crippen LogP contribution in [-0.2, 0) is 14.3 Å². The van der Waals surface area contributed by atoms with Crippen LogP contribution < -0.4 is 14.9 Å². The van der Waals surface area contributed by atoms with E-state index >= 15 is 0 Å². The Bertz CT molecular complexity index is 1820. The molecule has 0 spiro atoms. The molecule has 0 amide bonds. The molecular formula is C28H22ClN3O7S. The number of halogens is 1. The Morgan fingerprint density at radius 2 is 1.93 bits per heavy atom. The Morgan fingerprint density at radius 1 is 1.18 bits per heavy atom. The molecule has 0 saturated carbocycles. The Morgan fingerprint density at radius 3 is 2.62 bits per heavy atom. The van der Waals surface area contributed by atoms with Gasteiger partial charge in [-0.2, -0.15) is 0 Å². The highest BCUT2D eigenvalue weighted by Gasteiger charge is 2.34. The Kier molecular flexibility index (Phi) is 7.78. The topological polar surface area (TPSA) is 126 Å². The number of aromatic nitrogens is 1. The summed E-state index contributed by atoms with van der Waals surface area (Å²) in [5.41, 5.74) is 1.43. The quantitative estimate of drug-likeness (QED) is 0.132. The van der Waals surface area contributed by atoms with Gasteiger partial charge in [-0.05, 0) is 42.8 Å². The van der Waals surface area contributed by atoms with Gasteiger partial charge in [-0.25, -0.2) is 9.79 Å². The van der Waals surface area contributed by atoms with Crippen molar-refractivity contribution in [3.8, 4) is 11.3 Å². The van der Waals surface area contributed by atoms with Crippen LogP contribution in [0.25, 0.3) is 17.4 Å². The fraction of sp³-hybridized carbons (Fsp3) is 0.179. The second-order valence-electron chi connectivity index (χ2n) is 8.74. The number of methoxy groups -OCH3 is 1. The molecule has 3 heterocycles. The minimum Gasteiger partial charge on any atom is -0.460 e. The number of benzene rings is 2. The van der Waals surface area contributed by atoms with Gasteiger partial charge in [-0.15, -0.1) is 0 Å². The molecule has 1 aliphatic heterocycles. The first-order chi connectivity index (χ1) is 19.3. The number of hydrogen-bond donors (Lipinski definition) is 0. The van der Waals surface area contributed by atoms with Gasteiger partial charge in [0.2, 0.25) is 0 Å². The summed E-state index contributed by atoms with van der Waals surface area (Å²) >= 11 is 7.70. The smallest absolute Gasteiger partial charge is 0.338 e. The summed E-state index contributed by atoms with van der Waals surface area (Å²) in [6.07, 6.45) is 1.60. The molecular weight excluding hydrogens is 558 g/mol. The van der Waals surface area contributed by atoms with Gasteiger partial charge >= 0.3 is 5.97 Å². The molecule has 2 aromatic carbocycles. The zero-order valence-electron chi connectivity index (χ0n) is 21.3. The first-order valence-electron chi connectivity index (χ1n) is 12.1. The monoisotopic (exact) mass is 579 g/mol. The number of thiazole rings is 1. The van der Waals surface area contributed by atoms with Crippen LogP contribution in [-0.4, -0.2) is 35.8 Å². The van der Waals surface area contributed by atoms with Gasteiger partial charge in [-0.1, -0.05) is 41.1 Å². The van der Waals surface area contributed by atoms with Crippen LogP contribution in [0.1, 0.15) is 24.3 Å². The number of fused-ring (bicyclic) bond motifs is 1. The maximum Gasteiger partial charge on any atom is 0.338 e. The molecule has 0 bridgehead atoms. The Balaban J connectivity index is 1.58. The third kappa shape index (κ3) is 5.26. The molecule has 0 aliphatic carbocycles. The molecule has 10 nitrogen and oxygen atoms in total. The fourth-order valence-electron chi connectivity index (χ4n) is 4.33. The predicted octanol–water partition coefficient (Wildman–Crippen LogP) is 4.25. The van der Waals surface area contributed by atoms with Crippen molar-refractivity contribution in [3.05, 3.63) is 118 Å². The average Bonchev–Trinajstić information content (AvgIpc) is 3.52. The zero-order valence-corrected chi connectivity index (χ0v) is 22.9. The highest BCUT2D eigenvalue weighted by Crippen LogP contribution is 2.34. The van der Waals surface area contributed by atoms with E-state index in [9.17, 15) is 19.7 Å². The van der Waals surface area contributed by atoms with E-state index in [1.807, 2.05) is 0 Å². The van der Waals surface area contributed by atoms with Crippen molar-refractivity contribution in [1.29, 1.82) is 0 Å². The minimum absolute atomic E-state index is 0.0260. The van der Waals surface area contributed by atoms with Gasteiger partial charge < -0.3 is 13.9 Å². The van der Waals surface area contributed by atoms with Crippen molar-refractivity contribution in [1.82, 2.24) is 4.57 Å². The van der Waals surface area contributed by atoms with Crippen molar-refractivity contribution < 1.29 is 23.6 Å². The number of carbonyl (C=O) groups excluding carboxylic acids is 1. The molecule has 1 aliphatic rings. The van der Waals surface area contributed by atoms with Crippen LogP contribution >= 0.6 is 22.9 Å². The molecule has 0 fully saturated rings. The third-order valence-corrected chi connectivity index (χ3v) is 7.55. The number of carbonyl (C=O) groups is 1. The van der Waals surface area contributed by atoms with Gasteiger partial charge in [0, 0.05) is 35.9 Å². The van der Waals surface area contributed by atoms with E-state index in [0.29, 0.717) is 42.7 Å². The minimum atomic E-state index is -0.852. The van der Waals surface area contributed by atoms with Gasteiger partial charge in [0.25, 0.3) is 11.2 Å². The van der Waals surface area contributed by atoms with Gasteiger partial charge in [-0.3, -0.25) is 19.5 Å². The number of esters is 1. The summed E-state index contributed by atoms with van der Waals surface area (Å²) in [6, 6.07) is 15.5. The Hall–Kier alpha value is -4.32. The van der Waals surface area contributed by atoms with E-state index in [1.165, 1.54) is 23.8 Å². The number of ether oxygens (including phenoxy) is 2. The summed E-state index contributed by atoms with van der Waals surface area (Å²) in [7, 11) is 1.50. The maximum atomic E-state index is 13.8. The lowest BCUT2D eigenvalue weighted by atomic mass is 9.96. The molecule has 5 rings (SSSR count). The van der Waals surface area contributed by atoms with E-state index < -0.39 is 16.9 Å². The number of hydrogen-bond acceptors (Lipinski definition) is 9. The summed E-state index contributed by atoms with van der Waals surface area (Å²) in [5.74, 6) is 0.277. The number of rotatable bonds is 8. The molecule has 12 heteroatoms. The molecule has 1 unspecified atom stereocenters. The van der Waals surface area contributed by atoms with Crippen LogP contribution in [0.2, 0.25) is 5.02 Å². The molecule has 4 aromatic rings. The van der Waals surface area contributed by atoms with Crippen LogP contribution in [0.5, 0.6) is 0 Å². The number of non-ortho nitro benzene ring substituents is 1. The lowest BCUT2D eigenvalue weighted by Gasteiger charge is -2.25. The van der Waals surface area contributed by atoms with E-state index in [2.05, 4.69) is 4.99 Å². The highest BCUT2D eigenvalue weighted by molar-refractivity contribution is 7.07. The van der Waals surface area contributed by atoms with Crippen molar-refractivity contribution >= 4 is 40.7 Å². The second-order valence-corrected chi connectivity index (χ2v) is 10.2. The molecule has 0 radical (unpaired) electrons. The highest BCUT2D eigenvalue weighted by atomic mass is 35.5. The predicted molar refractivity (Wildman–Crippen MR) is 149 cm³/mol.